The van der Waals surface area contributed by atoms with E-state index in [1.807, 2.05) is 0 Å². The number of hydrogen-bond donors (Lipinski definition) is 7. The first kappa shape index (κ1) is 16.4. The summed E-state index contributed by atoms with van der Waals surface area (Å²) in [6.07, 6.45) is -11.8. The lowest BCUT2D eigenvalue weighted by Gasteiger charge is -2.23. The fourth-order valence-corrected chi connectivity index (χ4v) is 1.79. The van der Waals surface area contributed by atoms with Crippen molar-refractivity contribution in [3.8, 4) is 0 Å². The average molecular weight is 282 g/mol. The van der Waals surface area contributed by atoms with E-state index in [-0.39, 0.29) is 0 Å². The van der Waals surface area contributed by atoms with Crippen molar-refractivity contribution in [2.24, 2.45) is 0 Å². The molecule has 112 valence electrons. The predicted molar refractivity (Wildman–Crippen MR) is 57.9 cm³/mol. The normalized spacial score (nSPS) is 35.9. The van der Waals surface area contributed by atoms with Crippen LogP contribution < -0.4 is 0 Å². The fraction of sp³-hybridized carbons (Fsp3) is 0.900. The molecule has 0 radical (unpaired) electrons. The van der Waals surface area contributed by atoms with Crippen molar-refractivity contribution in [3.05, 3.63) is 0 Å². The summed E-state index contributed by atoms with van der Waals surface area (Å²) in [6.45, 7) is -1.51. The van der Waals surface area contributed by atoms with Gasteiger partial charge in [0.05, 0.1) is 13.2 Å². The van der Waals surface area contributed by atoms with E-state index < -0.39 is 61.7 Å². The second kappa shape index (κ2) is 6.68. The highest BCUT2D eigenvalue weighted by molar-refractivity contribution is 5.88. The standard InChI is InChI=1S/C10H18O9/c11-1-3(13)5(14)7(16)9(18)10-8(17)6(15)4(2-12)19-10/h3-8,10-17H,1-2H2/t3-,4-,5-,6-,7-,8-,10-/m1/s1. The number of rotatable bonds is 6. The number of aliphatic hydroxyl groups is 7. The maximum Gasteiger partial charge on any atom is 0.195 e. The van der Waals surface area contributed by atoms with Crippen LogP contribution in [0.5, 0.6) is 0 Å². The van der Waals surface area contributed by atoms with E-state index in [1.165, 1.54) is 0 Å². The average Bonchev–Trinajstić information content (AvgIpc) is 2.71. The summed E-state index contributed by atoms with van der Waals surface area (Å²) in [5.41, 5.74) is 0. The summed E-state index contributed by atoms with van der Waals surface area (Å²) in [4.78, 5) is 11.7. The van der Waals surface area contributed by atoms with E-state index in [1.54, 1.807) is 0 Å². The number of ketones is 1. The van der Waals surface area contributed by atoms with Gasteiger partial charge in [0.2, 0.25) is 0 Å². The van der Waals surface area contributed by atoms with Crippen LogP contribution in [0.2, 0.25) is 0 Å². The first-order chi connectivity index (χ1) is 8.84. The SMILES string of the molecule is O=C([C@H](O)[C@H](O)[C@H](O)CO)[C@@H]1O[C@H](CO)[C@@H](O)[C@H]1O. The predicted octanol–water partition coefficient (Wildman–Crippen LogP) is -4.89. The summed E-state index contributed by atoms with van der Waals surface area (Å²) in [5.74, 6) is -1.16. The van der Waals surface area contributed by atoms with Gasteiger partial charge in [-0.15, -0.1) is 0 Å². The molecule has 0 amide bonds. The third-order valence-corrected chi connectivity index (χ3v) is 3.02. The van der Waals surface area contributed by atoms with Crippen molar-refractivity contribution < 1.29 is 45.3 Å². The van der Waals surface area contributed by atoms with Gasteiger partial charge < -0.3 is 40.5 Å². The third kappa shape index (κ3) is 3.27. The van der Waals surface area contributed by atoms with Crippen LogP contribution in [0.3, 0.4) is 0 Å². The first-order valence-corrected chi connectivity index (χ1v) is 5.66. The van der Waals surface area contributed by atoms with Crippen molar-refractivity contribution >= 4 is 5.78 Å². The molecule has 1 aliphatic rings. The van der Waals surface area contributed by atoms with Gasteiger partial charge in [-0.05, 0) is 0 Å². The zero-order valence-corrected chi connectivity index (χ0v) is 9.90. The minimum absolute atomic E-state index is 0.639. The molecule has 0 saturated carbocycles. The molecule has 1 saturated heterocycles. The molecule has 1 aliphatic heterocycles. The zero-order valence-electron chi connectivity index (χ0n) is 9.90. The highest BCUT2D eigenvalue weighted by Crippen LogP contribution is 2.23. The minimum atomic E-state index is -2.11. The second-order valence-corrected chi connectivity index (χ2v) is 4.35. The molecule has 0 aromatic carbocycles. The lowest BCUT2D eigenvalue weighted by atomic mass is 9.97. The molecule has 1 fully saturated rings. The topological polar surface area (TPSA) is 168 Å². The van der Waals surface area contributed by atoms with Crippen LogP contribution in [0.4, 0.5) is 0 Å². The molecule has 9 heteroatoms. The van der Waals surface area contributed by atoms with Gasteiger partial charge in [-0.25, -0.2) is 0 Å². The Morgan fingerprint density at radius 1 is 1.11 bits per heavy atom. The Hall–Kier alpha value is -0.650. The van der Waals surface area contributed by atoms with E-state index in [0.717, 1.165) is 0 Å². The van der Waals surface area contributed by atoms with Gasteiger partial charge in [0.25, 0.3) is 0 Å². The molecule has 0 spiro atoms. The third-order valence-electron chi connectivity index (χ3n) is 3.02. The van der Waals surface area contributed by atoms with Crippen LogP contribution in [0.25, 0.3) is 0 Å². The van der Waals surface area contributed by atoms with Gasteiger partial charge in [0.1, 0.15) is 42.7 Å². The summed E-state index contributed by atoms with van der Waals surface area (Å²) in [7, 11) is 0. The van der Waals surface area contributed by atoms with Crippen molar-refractivity contribution in [3.63, 3.8) is 0 Å². The van der Waals surface area contributed by atoms with E-state index in [2.05, 4.69) is 0 Å². The second-order valence-electron chi connectivity index (χ2n) is 4.35. The maximum absolute atomic E-state index is 11.7. The molecule has 19 heavy (non-hydrogen) atoms. The summed E-state index contributed by atoms with van der Waals surface area (Å²) in [5, 5.41) is 64.4. The Balaban J connectivity index is 2.73. The zero-order chi connectivity index (χ0) is 14.7. The fourth-order valence-electron chi connectivity index (χ4n) is 1.79. The van der Waals surface area contributed by atoms with Crippen molar-refractivity contribution in [2.75, 3.05) is 13.2 Å². The van der Waals surface area contributed by atoms with Gasteiger partial charge >= 0.3 is 0 Å². The quantitative estimate of drug-likeness (QED) is 0.252. The van der Waals surface area contributed by atoms with Crippen molar-refractivity contribution in [1.82, 2.24) is 0 Å². The Bertz CT molecular complexity index is 309. The lowest BCUT2D eigenvalue weighted by molar-refractivity contribution is -0.154. The van der Waals surface area contributed by atoms with Crippen LogP contribution in [0.1, 0.15) is 0 Å². The summed E-state index contributed by atoms with van der Waals surface area (Å²) in [6, 6.07) is 0. The highest BCUT2D eigenvalue weighted by atomic mass is 16.6. The smallest absolute Gasteiger partial charge is 0.195 e. The monoisotopic (exact) mass is 282 g/mol. The number of carbonyl (C=O) groups excluding carboxylic acids is 1. The van der Waals surface area contributed by atoms with Crippen LogP contribution in [-0.2, 0) is 9.53 Å². The molecule has 1 heterocycles. The van der Waals surface area contributed by atoms with Gasteiger partial charge in [-0.3, -0.25) is 4.79 Å². The van der Waals surface area contributed by atoms with Gasteiger partial charge in [-0.2, -0.15) is 0 Å². The molecule has 0 bridgehead atoms. The molecular formula is C10H18O9. The molecule has 7 N–H and O–H groups in total. The minimum Gasteiger partial charge on any atom is -0.394 e. The molecule has 7 atom stereocenters. The van der Waals surface area contributed by atoms with Gasteiger partial charge in [0, 0.05) is 0 Å². The van der Waals surface area contributed by atoms with Gasteiger partial charge in [0.15, 0.2) is 5.78 Å². The van der Waals surface area contributed by atoms with Gasteiger partial charge in [-0.1, -0.05) is 0 Å². The van der Waals surface area contributed by atoms with Crippen LogP contribution in [-0.4, -0.2) is 97.5 Å². The summed E-state index contributed by atoms with van der Waals surface area (Å²) < 4.78 is 4.87. The lowest BCUT2D eigenvalue weighted by Crippen LogP contribution is -2.50. The molecule has 0 unspecified atom stereocenters. The molecule has 9 nitrogen and oxygen atoms in total. The van der Waals surface area contributed by atoms with Crippen LogP contribution >= 0.6 is 0 Å². The van der Waals surface area contributed by atoms with E-state index in [4.69, 9.17) is 20.1 Å². The number of hydrogen-bond acceptors (Lipinski definition) is 9. The Kier molecular flexibility index (Phi) is 5.77. The number of aliphatic hydroxyl groups excluding tert-OH is 7. The van der Waals surface area contributed by atoms with Crippen molar-refractivity contribution in [2.45, 2.75) is 42.7 Å². The largest absolute Gasteiger partial charge is 0.394 e. The molecule has 0 aliphatic carbocycles. The van der Waals surface area contributed by atoms with E-state index in [9.17, 15) is 25.2 Å². The number of carbonyl (C=O) groups is 1. The maximum atomic E-state index is 11.7. The molecule has 1 rings (SSSR count). The number of ether oxygens (including phenoxy) is 1. The Morgan fingerprint density at radius 3 is 2.11 bits per heavy atom. The molecule has 0 aromatic heterocycles. The highest BCUT2D eigenvalue weighted by Gasteiger charge is 2.48. The number of Topliss-reactive ketones (excluding diaryl/α,β-unsaturated/α-hetero) is 1. The van der Waals surface area contributed by atoms with E-state index in [0.29, 0.717) is 0 Å². The first-order valence-electron chi connectivity index (χ1n) is 5.66. The Labute approximate surface area is 108 Å². The van der Waals surface area contributed by atoms with Crippen molar-refractivity contribution in [1.29, 1.82) is 0 Å². The Morgan fingerprint density at radius 2 is 1.68 bits per heavy atom. The molecule has 0 aromatic rings. The van der Waals surface area contributed by atoms with Crippen LogP contribution in [0.15, 0.2) is 0 Å². The van der Waals surface area contributed by atoms with Crippen LogP contribution in [0, 0.1) is 0 Å². The summed E-state index contributed by atoms with van der Waals surface area (Å²) >= 11 is 0. The molecular weight excluding hydrogens is 264 g/mol. The van der Waals surface area contributed by atoms with E-state index >= 15 is 0 Å².